The topological polar surface area (TPSA) is 152 Å². The second-order valence-corrected chi connectivity index (χ2v) is 19.9. The summed E-state index contributed by atoms with van der Waals surface area (Å²) in [7, 11) is 1.08. The molecule has 1 unspecified atom stereocenters. The van der Waals surface area contributed by atoms with E-state index in [2.05, 4.69) is 32.1 Å². The van der Waals surface area contributed by atoms with E-state index in [1.807, 2.05) is 27.2 Å². The smallest absolute Gasteiger partial charge is 0.306 e. The van der Waals surface area contributed by atoms with E-state index in [1.165, 1.54) is 109 Å². The molecule has 62 heavy (non-hydrogen) atoms. The maximum Gasteiger partial charge on any atom is 0.306 e. The number of hydrogen-bond acceptors (Lipinski definition) is 10. The standard InChI is InChI=1S/C50H96NO10P/c1-6-8-10-12-14-15-16-17-18-19-20-21-22-23-24-25-26-27-28-32-37-41-50(55)61-46(45-60-62(56,57)59-43-42-51(3,4)5)44-58-49(54)40-36-33-29-31-35-39-48(53)47(52)38-34-30-13-11-9-7-2/h17-18,30,34,46-48,52-53H,6-16,19-29,31-33,35-45H2,1-5H3/b18-17-,34-30-/t46-,47-,48-/m1/s1. The molecule has 0 spiro atoms. The summed E-state index contributed by atoms with van der Waals surface area (Å²) in [5.41, 5.74) is 0. The van der Waals surface area contributed by atoms with Crippen molar-refractivity contribution in [1.82, 2.24) is 0 Å². The van der Waals surface area contributed by atoms with Gasteiger partial charge in [0, 0.05) is 12.8 Å². The Morgan fingerprint density at radius 1 is 0.565 bits per heavy atom. The summed E-state index contributed by atoms with van der Waals surface area (Å²) in [5, 5.41) is 20.5. The minimum absolute atomic E-state index is 0.0550. The lowest BCUT2D eigenvalue weighted by molar-refractivity contribution is -0.870. The molecule has 2 N–H and O–H groups in total. The zero-order chi connectivity index (χ0) is 46.0. The normalized spacial score (nSPS) is 14.6. The lowest BCUT2D eigenvalue weighted by Crippen LogP contribution is -2.37. The highest BCUT2D eigenvalue weighted by Crippen LogP contribution is 2.38. The molecule has 0 rings (SSSR count). The van der Waals surface area contributed by atoms with E-state index in [9.17, 15) is 29.3 Å². The van der Waals surface area contributed by atoms with Crippen molar-refractivity contribution in [2.75, 3.05) is 47.5 Å². The second-order valence-electron chi connectivity index (χ2n) is 18.5. The maximum absolute atomic E-state index is 12.7. The number of unbranched alkanes of at least 4 members (excludes halogenated alkanes) is 24. The van der Waals surface area contributed by atoms with Crippen LogP contribution in [0, 0.1) is 0 Å². The van der Waals surface area contributed by atoms with Crippen molar-refractivity contribution < 1.29 is 52.3 Å². The Morgan fingerprint density at radius 3 is 1.53 bits per heavy atom. The van der Waals surface area contributed by atoms with Gasteiger partial charge in [-0.2, -0.15) is 0 Å². The maximum atomic E-state index is 12.7. The van der Waals surface area contributed by atoms with Crippen LogP contribution in [0.25, 0.3) is 0 Å². The van der Waals surface area contributed by atoms with Gasteiger partial charge in [-0.05, 0) is 64.2 Å². The second kappa shape index (κ2) is 42.1. The summed E-state index contributed by atoms with van der Waals surface area (Å²) in [5.74, 6) is -0.940. The fourth-order valence-electron chi connectivity index (χ4n) is 7.03. The third-order valence-electron chi connectivity index (χ3n) is 11.1. The van der Waals surface area contributed by atoms with E-state index in [4.69, 9.17) is 18.5 Å². The van der Waals surface area contributed by atoms with Gasteiger partial charge in [0.2, 0.25) is 0 Å². The molecule has 11 nitrogen and oxygen atoms in total. The lowest BCUT2D eigenvalue weighted by Gasteiger charge is -2.28. The summed E-state index contributed by atoms with van der Waals surface area (Å²) < 4.78 is 33.9. The first kappa shape index (κ1) is 60.4. The highest BCUT2D eigenvalue weighted by Gasteiger charge is 2.22. The van der Waals surface area contributed by atoms with E-state index >= 15 is 0 Å². The minimum atomic E-state index is -4.66. The molecular formula is C50H96NO10P. The molecule has 0 aromatic rings. The van der Waals surface area contributed by atoms with E-state index in [0.717, 1.165) is 57.8 Å². The number of phosphoric ester groups is 1. The number of rotatable bonds is 46. The average molecular weight is 902 g/mol. The number of quaternary nitrogens is 1. The van der Waals surface area contributed by atoms with Crippen LogP contribution in [-0.4, -0.2) is 92.5 Å². The van der Waals surface area contributed by atoms with Crippen molar-refractivity contribution >= 4 is 19.8 Å². The lowest BCUT2D eigenvalue weighted by atomic mass is 10.0. The monoisotopic (exact) mass is 902 g/mol. The van der Waals surface area contributed by atoms with Crippen molar-refractivity contribution in [3.63, 3.8) is 0 Å². The van der Waals surface area contributed by atoms with Gasteiger partial charge in [0.1, 0.15) is 19.8 Å². The Balaban J connectivity index is 4.34. The number of ether oxygens (including phenoxy) is 2. The van der Waals surface area contributed by atoms with Gasteiger partial charge in [0.15, 0.2) is 6.10 Å². The molecule has 0 saturated carbocycles. The molecule has 366 valence electrons. The fraction of sp³-hybridized carbons (Fsp3) is 0.880. The Kier molecular flexibility index (Phi) is 41.0. The van der Waals surface area contributed by atoms with Crippen LogP contribution in [0.4, 0.5) is 0 Å². The first-order chi connectivity index (χ1) is 29.8. The molecule has 0 aliphatic carbocycles. The Bertz CT molecular complexity index is 1140. The molecule has 0 bridgehead atoms. The molecule has 0 amide bonds. The molecule has 0 fully saturated rings. The van der Waals surface area contributed by atoms with E-state index in [0.29, 0.717) is 36.7 Å². The quantitative estimate of drug-likeness (QED) is 0.0199. The molecule has 4 atom stereocenters. The van der Waals surface area contributed by atoms with Gasteiger partial charge in [-0.25, -0.2) is 0 Å². The third-order valence-corrected chi connectivity index (χ3v) is 12.1. The number of aliphatic hydroxyl groups is 2. The van der Waals surface area contributed by atoms with Gasteiger partial charge in [-0.15, -0.1) is 0 Å². The number of allylic oxidation sites excluding steroid dienone is 3. The van der Waals surface area contributed by atoms with Crippen molar-refractivity contribution in [3.05, 3.63) is 24.3 Å². The summed E-state index contributed by atoms with van der Waals surface area (Å²) in [6.45, 7) is 4.01. The Morgan fingerprint density at radius 2 is 1.00 bits per heavy atom. The number of carbonyl (C=O) groups is 2. The summed E-state index contributed by atoms with van der Waals surface area (Å²) in [6.07, 6.45) is 39.4. The van der Waals surface area contributed by atoms with Crippen molar-refractivity contribution in [2.45, 2.75) is 238 Å². The highest BCUT2D eigenvalue weighted by atomic mass is 31.2. The average Bonchev–Trinajstić information content (AvgIpc) is 3.22. The number of nitrogens with zero attached hydrogens (tertiary/aromatic N) is 1. The van der Waals surface area contributed by atoms with Crippen molar-refractivity contribution in [2.24, 2.45) is 0 Å². The number of aliphatic hydroxyl groups excluding tert-OH is 2. The molecule has 0 aromatic carbocycles. The number of carbonyl (C=O) groups excluding carboxylic acids is 2. The van der Waals surface area contributed by atoms with Gasteiger partial charge in [-0.1, -0.05) is 167 Å². The highest BCUT2D eigenvalue weighted by molar-refractivity contribution is 7.45. The van der Waals surface area contributed by atoms with Crippen LogP contribution in [0.3, 0.4) is 0 Å². The van der Waals surface area contributed by atoms with E-state index in [-0.39, 0.29) is 26.1 Å². The third kappa shape index (κ3) is 43.7. The largest absolute Gasteiger partial charge is 0.756 e. The van der Waals surface area contributed by atoms with Crippen LogP contribution >= 0.6 is 7.82 Å². The molecule has 0 aromatic heterocycles. The number of phosphoric acid groups is 1. The Labute approximate surface area is 380 Å². The molecular weight excluding hydrogens is 806 g/mol. The molecule has 0 saturated heterocycles. The van der Waals surface area contributed by atoms with Crippen LogP contribution < -0.4 is 4.89 Å². The minimum Gasteiger partial charge on any atom is -0.756 e. The first-order valence-electron chi connectivity index (χ1n) is 25.2. The first-order valence-corrected chi connectivity index (χ1v) is 26.7. The van der Waals surface area contributed by atoms with Gasteiger partial charge in [-0.3, -0.25) is 14.2 Å². The fourth-order valence-corrected chi connectivity index (χ4v) is 7.75. The van der Waals surface area contributed by atoms with E-state index in [1.54, 1.807) is 0 Å². The van der Waals surface area contributed by atoms with Crippen molar-refractivity contribution in [1.29, 1.82) is 0 Å². The van der Waals surface area contributed by atoms with E-state index < -0.39 is 44.7 Å². The Hall–Kier alpha value is -1.59. The predicted molar refractivity (Wildman–Crippen MR) is 253 cm³/mol. The van der Waals surface area contributed by atoms with Crippen LogP contribution in [0.1, 0.15) is 219 Å². The SMILES string of the molecule is CCCCC/C=C\C[C@@H](O)[C@H](O)CCCCCCCC(=O)OC[C@H](COP(=O)([O-])OCC[N+](C)(C)C)OC(=O)CCCCCCCCCCCCC/C=C\CCCCCCCC. The zero-order valence-electron chi connectivity index (χ0n) is 40.6. The van der Waals surface area contributed by atoms with Crippen LogP contribution in [0.15, 0.2) is 24.3 Å². The zero-order valence-corrected chi connectivity index (χ0v) is 41.4. The molecule has 12 heteroatoms. The summed E-state index contributed by atoms with van der Waals surface area (Å²) in [6, 6.07) is 0. The summed E-state index contributed by atoms with van der Waals surface area (Å²) >= 11 is 0. The number of likely N-dealkylation sites (N-methyl/N-ethyl adjacent to an activating group) is 1. The van der Waals surface area contributed by atoms with Gasteiger partial charge < -0.3 is 38.1 Å². The van der Waals surface area contributed by atoms with Crippen molar-refractivity contribution in [3.8, 4) is 0 Å². The van der Waals surface area contributed by atoms with Crippen LogP contribution in [-0.2, 0) is 32.7 Å². The number of hydrogen-bond donors (Lipinski definition) is 2. The van der Waals surface area contributed by atoms with Crippen LogP contribution in [0.5, 0.6) is 0 Å². The van der Waals surface area contributed by atoms with Gasteiger partial charge >= 0.3 is 11.9 Å². The summed E-state index contributed by atoms with van der Waals surface area (Å²) in [4.78, 5) is 37.7. The van der Waals surface area contributed by atoms with Gasteiger partial charge in [0.25, 0.3) is 7.82 Å². The molecule has 0 radical (unpaired) electrons. The number of esters is 2. The predicted octanol–water partition coefficient (Wildman–Crippen LogP) is 12.0. The van der Waals surface area contributed by atoms with Gasteiger partial charge in [0.05, 0.1) is 40.0 Å². The van der Waals surface area contributed by atoms with Crippen LogP contribution in [0.2, 0.25) is 0 Å². The molecule has 0 aliphatic rings. The molecule has 0 aliphatic heterocycles. The molecule has 0 heterocycles.